The average molecular weight is 345 g/mol. The number of fused-ring (bicyclic) bond motifs is 1. The maximum Gasteiger partial charge on any atom is 0.272 e. The molecule has 0 aliphatic rings. The van der Waals surface area contributed by atoms with Gasteiger partial charge in [-0.25, -0.2) is 4.39 Å². The molecule has 2 heterocycles. The van der Waals surface area contributed by atoms with Gasteiger partial charge in [-0.15, -0.1) is 0 Å². The van der Waals surface area contributed by atoms with Crippen LogP contribution >= 0.6 is 0 Å². The number of aromatic nitrogens is 2. The summed E-state index contributed by atoms with van der Waals surface area (Å²) in [6.45, 7) is 0.274. The van der Waals surface area contributed by atoms with E-state index >= 15 is 0 Å². The maximum absolute atomic E-state index is 14.1. The number of para-hydroxylation sites is 1. The van der Waals surface area contributed by atoms with E-state index in [0.29, 0.717) is 16.9 Å². The number of nitrogens with one attached hydrogen (secondary N) is 1. The second-order valence-electron chi connectivity index (χ2n) is 5.96. The maximum atomic E-state index is 14.1. The van der Waals surface area contributed by atoms with Crippen LogP contribution in [0, 0.1) is 5.82 Å². The fraction of sp³-hybridized carbons (Fsp3) is 0.0476. The van der Waals surface area contributed by atoms with Crippen molar-refractivity contribution in [3.8, 4) is 0 Å². The molecule has 26 heavy (non-hydrogen) atoms. The zero-order chi connectivity index (χ0) is 17.9. The Bertz CT molecular complexity index is 1070. The molecule has 4 rings (SSSR count). The highest BCUT2D eigenvalue weighted by Crippen LogP contribution is 2.23. The monoisotopic (exact) mass is 345 g/mol. The van der Waals surface area contributed by atoms with Gasteiger partial charge in [0.15, 0.2) is 0 Å². The number of nitrogens with zero attached hydrogens (tertiary/aromatic N) is 2. The number of rotatable bonds is 4. The Hall–Kier alpha value is -3.47. The summed E-state index contributed by atoms with van der Waals surface area (Å²) < 4.78 is 16.0. The lowest BCUT2D eigenvalue weighted by atomic mass is 10.2. The fourth-order valence-corrected chi connectivity index (χ4v) is 3.00. The molecule has 1 N–H and O–H groups in total. The van der Waals surface area contributed by atoms with E-state index in [4.69, 9.17) is 0 Å². The number of hydrogen-bond donors (Lipinski definition) is 1. The summed E-state index contributed by atoms with van der Waals surface area (Å²) in [4.78, 5) is 16.8. The number of carbonyl (C=O) groups is 1. The number of amides is 1. The molecule has 0 fully saturated rings. The molecule has 128 valence electrons. The van der Waals surface area contributed by atoms with Crippen molar-refractivity contribution in [2.45, 2.75) is 6.54 Å². The third kappa shape index (κ3) is 3.07. The van der Waals surface area contributed by atoms with Crippen LogP contribution in [0.1, 0.15) is 16.1 Å². The molecule has 2 aromatic carbocycles. The summed E-state index contributed by atoms with van der Waals surface area (Å²) in [5, 5.41) is 3.77. The summed E-state index contributed by atoms with van der Waals surface area (Å²) in [6.07, 6.45) is 3.23. The molecule has 5 heteroatoms. The number of pyridine rings is 1. The number of anilines is 1. The molecule has 0 spiro atoms. The Morgan fingerprint density at radius 2 is 1.85 bits per heavy atom. The van der Waals surface area contributed by atoms with Gasteiger partial charge in [0.05, 0.1) is 18.4 Å². The first kappa shape index (κ1) is 16.0. The topological polar surface area (TPSA) is 46.9 Å². The van der Waals surface area contributed by atoms with Crippen molar-refractivity contribution in [2.75, 3.05) is 5.32 Å². The predicted octanol–water partition coefficient (Wildman–Crippen LogP) is 4.48. The van der Waals surface area contributed by atoms with Crippen molar-refractivity contribution in [1.82, 2.24) is 9.55 Å². The third-order valence-corrected chi connectivity index (χ3v) is 4.25. The molecule has 4 nitrogen and oxygen atoms in total. The molecular weight excluding hydrogens is 329 g/mol. The van der Waals surface area contributed by atoms with Crippen molar-refractivity contribution in [3.63, 3.8) is 0 Å². The molecule has 0 aliphatic heterocycles. The molecule has 0 radical (unpaired) electrons. The first-order chi connectivity index (χ1) is 12.7. The Balaban J connectivity index is 1.76. The minimum atomic E-state index is -0.288. The highest BCUT2D eigenvalue weighted by Gasteiger charge is 2.17. The molecule has 0 unspecified atom stereocenters. The van der Waals surface area contributed by atoms with E-state index in [1.165, 1.54) is 6.07 Å². The van der Waals surface area contributed by atoms with Gasteiger partial charge in [-0.2, -0.15) is 0 Å². The highest BCUT2D eigenvalue weighted by atomic mass is 19.1. The van der Waals surface area contributed by atoms with Gasteiger partial charge in [-0.1, -0.05) is 36.4 Å². The minimum absolute atomic E-state index is 0.259. The van der Waals surface area contributed by atoms with E-state index in [9.17, 15) is 9.18 Å². The first-order valence-electron chi connectivity index (χ1n) is 8.25. The van der Waals surface area contributed by atoms with Gasteiger partial charge in [-0.3, -0.25) is 9.78 Å². The normalized spacial score (nSPS) is 10.8. The summed E-state index contributed by atoms with van der Waals surface area (Å²) in [6, 6.07) is 19.6. The van der Waals surface area contributed by atoms with Crippen molar-refractivity contribution in [1.29, 1.82) is 0 Å². The largest absolute Gasteiger partial charge is 0.332 e. The van der Waals surface area contributed by atoms with Gasteiger partial charge >= 0.3 is 0 Å². The van der Waals surface area contributed by atoms with Crippen molar-refractivity contribution < 1.29 is 9.18 Å². The number of halogens is 1. The van der Waals surface area contributed by atoms with Crippen LogP contribution in [0.15, 0.2) is 79.1 Å². The van der Waals surface area contributed by atoms with Crippen LogP contribution < -0.4 is 5.32 Å². The van der Waals surface area contributed by atoms with Crippen LogP contribution in [0.2, 0.25) is 0 Å². The molecule has 0 saturated heterocycles. The van der Waals surface area contributed by atoms with Gasteiger partial charge < -0.3 is 9.88 Å². The zero-order valence-corrected chi connectivity index (χ0v) is 13.9. The summed E-state index contributed by atoms with van der Waals surface area (Å²) in [5.74, 6) is -0.547. The SMILES string of the molecule is O=C(Nc1cccnc1)c1cc2ccccc2n1Cc1ccccc1F. The predicted molar refractivity (Wildman–Crippen MR) is 99.6 cm³/mol. The lowest BCUT2D eigenvalue weighted by molar-refractivity contribution is 0.101. The second kappa shape index (κ2) is 6.80. The lowest BCUT2D eigenvalue weighted by Gasteiger charge is -2.12. The molecule has 4 aromatic rings. The molecule has 1 amide bonds. The Morgan fingerprint density at radius 3 is 2.65 bits per heavy atom. The van der Waals surface area contributed by atoms with E-state index < -0.39 is 0 Å². The summed E-state index contributed by atoms with van der Waals surface area (Å²) >= 11 is 0. The molecule has 2 aromatic heterocycles. The van der Waals surface area contributed by atoms with E-state index in [1.807, 2.05) is 34.9 Å². The van der Waals surface area contributed by atoms with E-state index in [-0.39, 0.29) is 18.3 Å². The van der Waals surface area contributed by atoms with Gasteiger partial charge in [0.1, 0.15) is 11.5 Å². The van der Waals surface area contributed by atoms with Crippen LogP contribution in [-0.4, -0.2) is 15.5 Å². The first-order valence-corrected chi connectivity index (χ1v) is 8.25. The van der Waals surface area contributed by atoms with Crippen LogP contribution in [0.5, 0.6) is 0 Å². The quantitative estimate of drug-likeness (QED) is 0.593. The van der Waals surface area contributed by atoms with Crippen molar-refractivity contribution in [2.24, 2.45) is 0 Å². The van der Waals surface area contributed by atoms with Gasteiger partial charge in [0, 0.05) is 22.7 Å². The standard InChI is InChI=1S/C21H16FN3O/c22-18-9-3-1-7-16(18)14-25-19-10-4-2-6-15(19)12-20(25)21(26)24-17-8-5-11-23-13-17/h1-13H,14H2,(H,24,26). The fourth-order valence-electron chi connectivity index (χ4n) is 3.00. The van der Waals surface area contributed by atoms with Crippen LogP contribution in [0.4, 0.5) is 10.1 Å². The smallest absolute Gasteiger partial charge is 0.272 e. The highest BCUT2D eigenvalue weighted by molar-refractivity contribution is 6.06. The Kier molecular flexibility index (Phi) is 4.19. The third-order valence-electron chi connectivity index (χ3n) is 4.25. The second-order valence-corrected chi connectivity index (χ2v) is 5.96. The molecule has 0 atom stereocenters. The van der Waals surface area contributed by atoms with Crippen molar-refractivity contribution in [3.05, 3.63) is 96.2 Å². The van der Waals surface area contributed by atoms with Crippen LogP contribution in [0.3, 0.4) is 0 Å². The van der Waals surface area contributed by atoms with Gasteiger partial charge in [0.2, 0.25) is 0 Å². The van der Waals surface area contributed by atoms with Crippen LogP contribution in [-0.2, 0) is 6.54 Å². The molecule has 0 saturated carbocycles. The number of benzene rings is 2. The van der Waals surface area contributed by atoms with E-state index in [1.54, 1.807) is 42.7 Å². The van der Waals surface area contributed by atoms with E-state index in [2.05, 4.69) is 10.3 Å². The summed E-state index contributed by atoms with van der Waals surface area (Å²) in [7, 11) is 0. The number of hydrogen-bond acceptors (Lipinski definition) is 2. The average Bonchev–Trinajstić information content (AvgIpc) is 3.03. The zero-order valence-electron chi connectivity index (χ0n) is 13.9. The summed E-state index contributed by atoms with van der Waals surface area (Å²) in [5.41, 5.74) is 2.50. The van der Waals surface area contributed by atoms with Gasteiger partial charge in [0.25, 0.3) is 5.91 Å². The van der Waals surface area contributed by atoms with E-state index in [0.717, 1.165) is 10.9 Å². The molecular formula is C21H16FN3O. The Labute approximate surface area is 149 Å². The lowest BCUT2D eigenvalue weighted by Crippen LogP contribution is -2.18. The minimum Gasteiger partial charge on any atom is -0.332 e. The van der Waals surface area contributed by atoms with Crippen molar-refractivity contribution >= 4 is 22.5 Å². The Morgan fingerprint density at radius 1 is 1.04 bits per heavy atom. The van der Waals surface area contributed by atoms with Crippen LogP contribution in [0.25, 0.3) is 10.9 Å². The molecule has 0 bridgehead atoms. The molecule has 0 aliphatic carbocycles. The van der Waals surface area contributed by atoms with Gasteiger partial charge in [-0.05, 0) is 30.3 Å². The number of carbonyl (C=O) groups excluding carboxylic acids is 1.